The van der Waals surface area contributed by atoms with E-state index in [4.69, 9.17) is 0 Å². The fourth-order valence-corrected chi connectivity index (χ4v) is 3.12. The second-order valence-electron chi connectivity index (χ2n) is 6.17. The van der Waals surface area contributed by atoms with Crippen LogP contribution in [0.4, 0.5) is 0 Å². The minimum atomic E-state index is 0.322. The summed E-state index contributed by atoms with van der Waals surface area (Å²) < 4.78 is 0. The van der Waals surface area contributed by atoms with Gasteiger partial charge in [-0.25, -0.2) is 0 Å². The Hall–Kier alpha value is -0.740. The zero-order chi connectivity index (χ0) is 13.8. The van der Waals surface area contributed by atoms with Crippen LogP contribution in [0.2, 0.25) is 0 Å². The van der Waals surface area contributed by atoms with Gasteiger partial charge in [0.25, 0.3) is 0 Å². The first-order valence-electron chi connectivity index (χ1n) is 7.60. The minimum absolute atomic E-state index is 0.322. The Bertz CT molecular complexity index is 331. The summed E-state index contributed by atoms with van der Waals surface area (Å²) in [6, 6.07) is 0.878. The summed E-state index contributed by atoms with van der Waals surface area (Å²) in [5, 5.41) is 3.16. The largest absolute Gasteiger partial charge is 0.316 e. The first-order chi connectivity index (χ1) is 9.09. The molecule has 108 valence electrons. The van der Waals surface area contributed by atoms with Crippen LogP contribution in [0.3, 0.4) is 0 Å². The van der Waals surface area contributed by atoms with Crippen molar-refractivity contribution in [2.75, 3.05) is 19.6 Å². The lowest BCUT2D eigenvalue weighted by Crippen LogP contribution is -2.50. The van der Waals surface area contributed by atoms with E-state index in [1.165, 1.54) is 0 Å². The number of hydrogen-bond donors (Lipinski definition) is 1. The molecule has 0 aromatic carbocycles. The third-order valence-electron chi connectivity index (χ3n) is 4.43. The SMILES string of the molecule is CC(C)C1CC(=O)C2CCN21.O=C1CCCNCC1. The fraction of sp³-hybridized carbons (Fsp3) is 0.867. The van der Waals surface area contributed by atoms with Crippen molar-refractivity contribution in [3.63, 3.8) is 0 Å². The Morgan fingerprint density at radius 2 is 2.00 bits per heavy atom. The molecule has 0 aromatic rings. The number of rotatable bonds is 1. The zero-order valence-electron chi connectivity index (χ0n) is 12.2. The molecule has 3 fully saturated rings. The molecule has 0 radical (unpaired) electrons. The van der Waals surface area contributed by atoms with E-state index in [1.807, 2.05) is 0 Å². The van der Waals surface area contributed by atoms with E-state index >= 15 is 0 Å². The molecular weight excluding hydrogens is 240 g/mol. The highest BCUT2D eigenvalue weighted by Gasteiger charge is 2.46. The topological polar surface area (TPSA) is 49.4 Å². The van der Waals surface area contributed by atoms with E-state index in [9.17, 15) is 9.59 Å². The van der Waals surface area contributed by atoms with Gasteiger partial charge in [0, 0.05) is 38.4 Å². The molecule has 3 aliphatic heterocycles. The summed E-state index contributed by atoms with van der Waals surface area (Å²) in [4.78, 5) is 24.3. The number of carbonyl (C=O) groups excluding carboxylic acids is 2. The highest BCUT2D eigenvalue weighted by atomic mass is 16.1. The third kappa shape index (κ3) is 3.63. The lowest BCUT2D eigenvalue weighted by molar-refractivity contribution is -0.122. The van der Waals surface area contributed by atoms with Gasteiger partial charge in [0.05, 0.1) is 6.04 Å². The Morgan fingerprint density at radius 3 is 2.53 bits per heavy atom. The van der Waals surface area contributed by atoms with Crippen molar-refractivity contribution in [2.24, 2.45) is 5.92 Å². The maximum absolute atomic E-state index is 11.3. The minimum Gasteiger partial charge on any atom is -0.316 e. The monoisotopic (exact) mass is 266 g/mol. The van der Waals surface area contributed by atoms with Gasteiger partial charge in [-0.2, -0.15) is 0 Å². The van der Waals surface area contributed by atoms with Gasteiger partial charge in [-0.3, -0.25) is 14.5 Å². The molecular formula is C15H26N2O2. The molecule has 3 aliphatic rings. The average Bonchev–Trinajstić information content (AvgIpc) is 2.49. The molecule has 0 bridgehead atoms. The first-order valence-corrected chi connectivity index (χ1v) is 7.60. The quantitative estimate of drug-likeness (QED) is 0.779. The number of carbonyl (C=O) groups is 2. The molecule has 4 heteroatoms. The molecule has 0 aromatic heterocycles. The van der Waals surface area contributed by atoms with Crippen LogP contribution in [0.25, 0.3) is 0 Å². The molecule has 2 atom stereocenters. The normalized spacial score (nSPS) is 31.3. The molecule has 0 saturated carbocycles. The van der Waals surface area contributed by atoms with Crippen molar-refractivity contribution in [1.29, 1.82) is 0 Å². The number of nitrogens with one attached hydrogen (secondary N) is 1. The number of Topliss-reactive ketones (excluding diaryl/α,β-unsaturated/α-hetero) is 2. The van der Waals surface area contributed by atoms with E-state index in [-0.39, 0.29) is 0 Å². The molecule has 0 amide bonds. The number of ketones is 2. The average molecular weight is 266 g/mol. The van der Waals surface area contributed by atoms with Gasteiger partial charge in [0.1, 0.15) is 5.78 Å². The lowest BCUT2D eigenvalue weighted by atomic mass is 10.0. The molecule has 4 nitrogen and oxygen atoms in total. The predicted molar refractivity (Wildman–Crippen MR) is 75.1 cm³/mol. The Kier molecular flexibility index (Phi) is 5.11. The van der Waals surface area contributed by atoms with E-state index in [0.29, 0.717) is 29.6 Å². The maximum atomic E-state index is 11.3. The first kappa shape index (κ1) is 14.7. The fourth-order valence-electron chi connectivity index (χ4n) is 3.12. The van der Waals surface area contributed by atoms with Crippen LogP contribution in [0.15, 0.2) is 0 Å². The molecule has 1 N–H and O–H groups in total. The highest BCUT2D eigenvalue weighted by Crippen LogP contribution is 2.34. The van der Waals surface area contributed by atoms with Gasteiger partial charge in [-0.15, -0.1) is 0 Å². The Morgan fingerprint density at radius 1 is 1.21 bits per heavy atom. The van der Waals surface area contributed by atoms with Gasteiger partial charge < -0.3 is 5.32 Å². The molecule has 19 heavy (non-hydrogen) atoms. The van der Waals surface area contributed by atoms with Crippen molar-refractivity contribution in [3.05, 3.63) is 0 Å². The second-order valence-corrected chi connectivity index (χ2v) is 6.17. The zero-order valence-corrected chi connectivity index (χ0v) is 12.2. The van der Waals surface area contributed by atoms with Gasteiger partial charge in [-0.05, 0) is 25.3 Å². The molecule has 0 aliphatic carbocycles. The van der Waals surface area contributed by atoms with Crippen molar-refractivity contribution in [2.45, 2.75) is 58.0 Å². The molecule has 3 heterocycles. The summed E-state index contributed by atoms with van der Waals surface area (Å²) in [6.45, 7) is 7.47. The van der Waals surface area contributed by atoms with Crippen LogP contribution >= 0.6 is 0 Å². The summed E-state index contributed by atoms with van der Waals surface area (Å²) in [6.07, 6.45) is 4.47. The van der Waals surface area contributed by atoms with Crippen molar-refractivity contribution < 1.29 is 9.59 Å². The molecule has 2 unspecified atom stereocenters. The summed E-state index contributed by atoms with van der Waals surface area (Å²) in [7, 11) is 0. The molecule has 0 spiro atoms. The van der Waals surface area contributed by atoms with Crippen molar-refractivity contribution in [1.82, 2.24) is 10.2 Å². The van der Waals surface area contributed by atoms with Crippen molar-refractivity contribution in [3.8, 4) is 0 Å². The highest BCUT2D eigenvalue weighted by molar-refractivity contribution is 5.87. The van der Waals surface area contributed by atoms with Crippen LogP contribution in [0.1, 0.15) is 46.0 Å². The van der Waals surface area contributed by atoms with Crippen LogP contribution < -0.4 is 5.32 Å². The van der Waals surface area contributed by atoms with Crippen LogP contribution in [-0.2, 0) is 9.59 Å². The van der Waals surface area contributed by atoms with Gasteiger partial charge in [0.2, 0.25) is 0 Å². The lowest BCUT2D eigenvalue weighted by Gasteiger charge is -2.39. The van der Waals surface area contributed by atoms with Crippen LogP contribution in [0.5, 0.6) is 0 Å². The van der Waals surface area contributed by atoms with E-state index in [2.05, 4.69) is 24.1 Å². The third-order valence-corrected chi connectivity index (χ3v) is 4.43. The van der Waals surface area contributed by atoms with Crippen LogP contribution in [0, 0.1) is 5.92 Å². The Balaban J connectivity index is 0.000000148. The van der Waals surface area contributed by atoms with Gasteiger partial charge >= 0.3 is 0 Å². The van der Waals surface area contributed by atoms with E-state index in [0.717, 1.165) is 51.7 Å². The maximum Gasteiger partial charge on any atom is 0.151 e. The smallest absolute Gasteiger partial charge is 0.151 e. The summed E-state index contributed by atoms with van der Waals surface area (Å²) in [5.41, 5.74) is 0. The van der Waals surface area contributed by atoms with E-state index in [1.54, 1.807) is 0 Å². The van der Waals surface area contributed by atoms with Crippen molar-refractivity contribution >= 4 is 11.6 Å². The number of fused-ring (bicyclic) bond motifs is 1. The number of hydrogen-bond acceptors (Lipinski definition) is 4. The molecule has 3 saturated heterocycles. The van der Waals surface area contributed by atoms with Gasteiger partial charge in [-0.1, -0.05) is 13.8 Å². The second kappa shape index (κ2) is 6.62. The standard InChI is InChI=1S/C9H15NO.C6H11NO/c1-6(2)8-5-9(11)7-3-4-10(7)8;8-6-2-1-4-7-5-3-6/h6-8H,3-5H2,1-2H3;7H,1-5H2. The van der Waals surface area contributed by atoms with E-state index < -0.39 is 0 Å². The predicted octanol–water partition coefficient (Wildman–Crippen LogP) is 1.39. The molecule has 3 rings (SSSR count). The summed E-state index contributed by atoms with van der Waals surface area (Å²) >= 11 is 0. The van der Waals surface area contributed by atoms with Crippen LogP contribution in [-0.4, -0.2) is 48.2 Å². The Labute approximate surface area is 115 Å². The number of nitrogens with zero attached hydrogens (tertiary/aromatic N) is 1. The van der Waals surface area contributed by atoms with Gasteiger partial charge in [0.15, 0.2) is 5.78 Å². The summed E-state index contributed by atoms with van der Waals surface area (Å²) in [5.74, 6) is 1.54.